The molecule has 2 aliphatic rings. The molecule has 4 aromatic heterocycles. The number of aromatic nitrogens is 7. The molecule has 0 aliphatic carbocycles. The van der Waals surface area contributed by atoms with Gasteiger partial charge in [0, 0.05) is 63.1 Å². The molecular formula is C35H33F3N10O3. The maximum atomic E-state index is 15.3. The zero-order chi connectivity index (χ0) is 35.6. The molecule has 1 N–H and O–H groups in total. The van der Waals surface area contributed by atoms with Gasteiger partial charge in [-0.2, -0.15) is 5.10 Å². The van der Waals surface area contributed by atoms with E-state index in [1.54, 1.807) is 38.2 Å². The summed E-state index contributed by atoms with van der Waals surface area (Å²) in [5.74, 6) is -0.185. The highest BCUT2D eigenvalue weighted by Gasteiger charge is 2.41. The number of pyridine rings is 1. The lowest BCUT2D eigenvalue weighted by atomic mass is 10.1. The lowest BCUT2D eigenvalue weighted by Crippen LogP contribution is -2.47. The van der Waals surface area contributed by atoms with Crippen LogP contribution in [0.3, 0.4) is 0 Å². The second-order valence-corrected chi connectivity index (χ2v) is 12.8. The number of imidazole rings is 1. The fourth-order valence-electron chi connectivity index (χ4n) is 7.22. The van der Waals surface area contributed by atoms with Gasteiger partial charge in [0.25, 0.3) is 0 Å². The van der Waals surface area contributed by atoms with Crippen LogP contribution in [-0.4, -0.2) is 97.6 Å². The van der Waals surface area contributed by atoms with Gasteiger partial charge in [0.2, 0.25) is 5.91 Å². The lowest BCUT2D eigenvalue weighted by Gasteiger charge is -2.30. The molecule has 3 atom stereocenters. The summed E-state index contributed by atoms with van der Waals surface area (Å²) in [6.07, 6.45) is 2.83. The summed E-state index contributed by atoms with van der Waals surface area (Å²) in [5.41, 5.74) is 2.49. The van der Waals surface area contributed by atoms with Gasteiger partial charge in [-0.05, 0) is 31.5 Å². The predicted octanol–water partition coefficient (Wildman–Crippen LogP) is 4.51. The van der Waals surface area contributed by atoms with Gasteiger partial charge in [-0.1, -0.05) is 0 Å². The van der Waals surface area contributed by atoms with E-state index in [2.05, 4.69) is 25.4 Å². The molecule has 1 amide bonds. The summed E-state index contributed by atoms with van der Waals surface area (Å²) >= 11 is 0. The van der Waals surface area contributed by atoms with Crippen molar-refractivity contribution < 1.29 is 27.4 Å². The van der Waals surface area contributed by atoms with Crippen molar-refractivity contribution >= 4 is 39.6 Å². The molecule has 6 heterocycles. The molecule has 4 bridgehead atoms. The van der Waals surface area contributed by atoms with E-state index in [1.165, 1.54) is 54.5 Å². The number of hydrogen-bond donors (Lipinski definition) is 1. The lowest BCUT2D eigenvalue weighted by molar-refractivity contribution is -0.132. The van der Waals surface area contributed by atoms with Gasteiger partial charge in [-0.15, -0.1) is 0 Å². The van der Waals surface area contributed by atoms with Crippen LogP contribution in [0.4, 0.5) is 24.8 Å². The Labute approximate surface area is 289 Å². The van der Waals surface area contributed by atoms with Gasteiger partial charge in [-0.25, -0.2) is 37.8 Å². The highest BCUT2D eigenvalue weighted by atomic mass is 19.1. The molecule has 6 aromatic rings. The van der Waals surface area contributed by atoms with E-state index in [4.69, 9.17) is 14.5 Å². The molecule has 16 heteroatoms. The van der Waals surface area contributed by atoms with Crippen molar-refractivity contribution in [2.24, 2.45) is 0 Å². The van der Waals surface area contributed by atoms with Gasteiger partial charge in [-0.3, -0.25) is 4.79 Å². The van der Waals surface area contributed by atoms with E-state index in [-0.39, 0.29) is 42.3 Å². The molecule has 0 saturated carbocycles. The standard InChI is InChI=1S/C35H33F3N10O3/c1-18-42-27-9-20(37)7-24-26-8-21(38)11-31(44-26)43-22-12-29(35(49)45(2)15-23(50-3)16-46(18)32(24)27)47(14-22)33-25-13-41-48(34(25)40-17-39-33)28-6-5-19(36)10-30(28)51-4/h5-11,13,17,22-23,29H,12,14-16H2,1-4H3,(H,43,44)/t22-,23-,29-/m0/s1. The largest absolute Gasteiger partial charge is 0.494 e. The third-order valence-electron chi connectivity index (χ3n) is 9.56. The smallest absolute Gasteiger partial charge is 0.245 e. The first kappa shape index (κ1) is 32.4. The van der Waals surface area contributed by atoms with Crippen molar-refractivity contribution in [1.82, 2.24) is 39.2 Å². The number of fused-ring (bicyclic) bond motifs is 6. The Morgan fingerprint density at radius 1 is 0.941 bits per heavy atom. The third kappa shape index (κ3) is 5.64. The SMILES string of the molecule is COc1cc(F)ccc1-n1ncc2c(N3C[C@@H]4C[C@H]3C(=O)N(C)C[C@H](OC)Cn3c(C)nc5cc(F)cc(c53)-c3cc(F)cc(n3)N4)ncnc21. The number of likely N-dealkylation sites (N-methyl/N-ethyl adjacent to an activating group) is 1. The second kappa shape index (κ2) is 12.5. The highest BCUT2D eigenvalue weighted by molar-refractivity contribution is 5.94. The third-order valence-corrected chi connectivity index (χ3v) is 9.56. The molecule has 0 spiro atoms. The number of aryl methyl sites for hydroxylation is 1. The summed E-state index contributed by atoms with van der Waals surface area (Å²) in [4.78, 5) is 36.3. The number of amides is 1. The van der Waals surface area contributed by atoms with E-state index in [0.29, 0.717) is 57.9 Å². The average Bonchev–Trinajstić information content (AvgIpc) is 3.81. The Hall–Kier alpha value is -5.77. The molecule has 0 radical (unpaired) electrons. The number of nitrogens with zero attached hydrogens (tertiary/aromatic N) is 9. The molecule has 13 nitrogen and oxygen atoms in total. The first-order valence-corrected chi connectivity index (χ1v) is 16.3. The van der Waals surface area contributed by atoms with Crippen LogP contribution in [0.15, 0.2) is 55.0 Å². The van der Waals surface area contributed by atoms with Crippen molar-refractivity contribution in [2.75, 3.05) is 44.6 Å². The van der Waals surface area contributed by atoms with Crippen molar-refractivity contribution in [3.63, 3.8) is 0 Å². The molecule has 262 valence electrons. The maximum absolute atomic E-state index is 15.3. The summed E-state index contributed by atoms with van der Waals surface area (Å²) in [7, 11) is 4.73. The normalized spacial score (nSPS) is 19.4. The molecular weight excluding hydrogens is 665 g/mol. The molecule has 51 heavy (non-hydrogen) atoms. The number of methoxy groups -OCH3 is 2. The molecule has 1 saturated heterocycles. The number of halogens is 3. The first-order valence-electron chi connectivity index (χ1n) is 16.3. The second-order valence-electron chi connectivity index (χ2n) is 12.8. The predicted molar refractivity (Wildman–Crippen MR) is 182 cm³/mol. The number of benzene rings is 2. The van der Waals surface area contributed by atoms with E-state index in [0.717, 1.165) is 0 Å². The number of rotatable bonds is 4. The van der Waals surface area contributed by atoms with Crippen LogP contribution in [0.2, 0.25) is 0 Å². The fraction of sp³-hybridized carbons (Fsp3) is 0.314. The quantitative estimate of drug-likeness (QED) is 0.281. The van der Waals surface area contributed by atoms with Crippen LogP contribution in [0.25, 0.3) is 39.0 Å². The maximum Gasteiger partial charge on any atom is 0.245 e. The van der Waals surface area contributed by atoms with Gasteiger partial charge >= 0.3 is 0 Å². The summed E-state index contributed by atoms with van der Waals surface area (Å²) in [5, 5.41) is 8.42. The van der Waals surface area contributed by atoms with Crippen molar-refractivity contribution in [3.05, 3.63) is 78.3 Å². The van der Waals surface area contributed by atoms with Gasteiger partial charge in [0.1, 0.15) is 58.7 Å². The average molecular weight is 699 g/mol. The zero-order valence-electron chi connectivity index (χ0n) is 28.1. The number of nitrogens with one attached hydrogen (secondary N) is 1. The van der Waals surface area contributed by atoms with E-state index >= 15 is 4.39 Å². The zero-order valence-corrected chi connectivity index (χ0v) is 28.1. The molecule has 2 aliphatic heterocycles. The highest BCUT2D eigenvalue weighted by Crippen LogP contribution is 2.36. The summed E-state index contributed by atoms with van der Waals surface area (Å²) < 4.78 is 59.0. The van der Waals surface area contributed by atoms with Crippen LogP contribution >= 0.6 is 0 Å². The Balaban J connectivity index is 1.24. The molecule has 2 aromatic carbocycles. The van der Waals surface area contributed by atoms with Crippen LogP contribution in [0, 0.1) is 24.4 Å². The van der Waals surface area contributed by atoms with Crippen LogP contribution < -0.4 is 15.0 Å². The molecule has 0 unspecified atom stereocenters. The van der Waals surface area contributed by atoms with E-state index in [9.17, 15) is 13.6 Å². The van der Waals surface area contributed by atoms with Crippen LogP contribution in [-0.2, 0) is 16.1 Å². The summed E-state index contributed by atoms with van der Waals surface area (Å²) in [6.45, 7) is 2.61. The van der Waals surface area contributed by atoms with E-state index < -0.39 is 29.6 Å². The van der Waals surface area contributed by atoms with Crippen LogP contribution in [0.5, 0.6) is 5.75 Å². The minimum Gasteiger partial charge on any atom is -0.494 e. The first-order chi connectivity index (χ1) is 24.6. The molecule has 8 rings (SSSR count). The fourth-order valence-corrected chi connectivity index (χ4v) is 7.22. The number of ether oxygens (including phenoxy) is 2. The monoisotopic (exact) mass is 698 g/mol. The van der Waals surface area contributed by atoms with Gasteiger partial charge < -0.3 is 29.2 Å². The van der Waals surface area contributed by atoms with Crippen molar-refractivity contribution in [3.8, 4) is 22.7 Å². The Kier molecular flexibility index (Phi) is 7.97. The minimum absolute atomic E-state index is 0.182. The van der Waals surface area contributed by atoms with Crippen molar-refractivity contribution in [2.45, 2.75) is 38.1 Å². The van der Waals surface area contributed by atoms with Gasteiger partial charge in [0.15, 0.2) is 5.65 Å². The molecule has 1 fully saturated rings. The van der Waals surface area contributed by atoms with E-state index in [1.807, 2.05) is 9.47 Å². The number of carbonyl (C=O) groups is 1. The number of hydrogen-bond acceptors (Lipinski definition) is 10. The number of carbonyl (C=O) groups excluding carboxylic acids is 1. The summed E-state index contributed by atoms with van der Waals surface area (Å²) in [6, 6.07) is 8.24. The Morgan fingerprint density at radius 2 is 1.76 bits per heavy atom. The number of anilines is 2. The topological polar surface area (TPSA) is 128 Å². The van der Waals surface area contributed by atoms with Gasteiger partial charge in [0.05, 0.1) is 48.1 Å². The minimum atomic E-state index is -0.696. The Bertz CT molecular complexity index is 2330. The van der Waals surface area contributed by atoms with Crippen LogP contribution in [0.1, 0.15) is 12.2 Å². The Morgan fingerprint density at radius 3 is 2.57 bits per heavy atom. The van der Waals surface area contributed by atoms with Crippen molar-refractivity contribution in [1.29, 1.82) is 0 Å².